The van der Waals surface area contributed by atoms with Gasteiger partial charge in [0.2, 0.25) is 5.95 Å². The molecule has 3 heterocycles. The van der Waals surface area contributed by atoms with Crippen LogP contribution in [0.5, 0.6) is 5.75 Å². The molecule has 3 aromatic rings. The van der Waals surface area contributed by atoms with E-state index in [0.29, 0.717) is 11.4 Å². The molecule has 0 bridgehead atoms. The Labute approximate surface area is 116 Å². The molecule has 21 heavy (non-hydrogen) atoms. The zero-order valence-electron chi connectivity index (χ0n) is 10.4. The lowest BCUT2D eigenvalue weighted by Crippen LogP contribution is -2.03. The lowest BCUT2D eigenvalue weighted by atomic mass is 10.3. The zero-order chi connectivity index (χ0) is 15.0. The number of nitrogens with zero attached hydrogens (tertiary/aromatic N) is 4. The van der Waals surface area contributed by atoms with Gasteiger partial charge < -0.3 is 10.5 Å². The minimum absolute atomic E-state index is 0.0306. The number of hydrogen-bond acceptors (Lipinski definition) is 5. The minimum Gasteiger partial charge on any atom is -0.433 e. The zero-order valence-corrected chi connectivity index (χ0v) is 10.4. The van der Waals surface area contributed by atoms with Crippen molar-refractivity contribution in [3.8, 4) is 17.1 Å². The third-order valence-electron chi connectivity index (χ3n) is 2.71. The largest absolute Gasteiger partial charge is 0.433 e. The number of ether oxygens (including phenoxy) is 1. The topological polar surface area (TPSA) is 78.3 Å². The number of nitrogen functional groups attached to an aromatic ring is 1. The third-order valence-corrected chi connectivity index (χ3v) is 2.71. The van der Waals surface area contributed by atoms with E-state index < -0.39 is 12.4 Å². The summed E-state index contributed by atoms with van der Waals surface area (Å²) in [7, 11) is 0. The fourth-order valence-electron chi connectivity index (χ4n) is 1.85. The van der Waals surface area contributed by atoms with Crippen LogP contribution < -0.4 is 10.5 Å². The first-order chi connectivity index (χ1) is 10.0. The van der Waals surface area contributed by atoms with Gasteiger partial charge in [0.1, 0.15) is 11.3 Å². The van der Waals surface area contributed by atoms with Crippen molar-refractivity contribution in [2.45, 2.75) is 6.61 Å². The Morgan fingerprint density at radius 3 is 2.67 bits per heavy atom. The van der Waals surface area contributed by atoms with Gasteiger partial charge >= 0.3 is 6.61 Å². The van der Waals surface area contributed by atoms with E-state index in [-0.39, 0.29) is 17.2 Å². The monoisotopic (exact) mass is 295 g/mol. The van der Waals surface area contributed by atoms with Gasteiger partial charge in [0, 0.05) is 6.07 Å². The predicted octanol–water partition coefficient (Wildman–Crippen LogP) is 2.11. The van der Waals surface area contributed by atoms with Crippen molar-refractivity contribution in [3.63, 3.8) is 0 Å². The Morgan fingerprint density at radius 1 is 1.19 bits per heavy atom. The molecular formula is C12H8F3N5O. The van der Waals surface area contributed by atoms with Crippen molar-refractivity contribution in [2.24, 2.45) is 0 Å². The van der Waals surface area contributed by atoms with Crippen molar-refractivity contribution in [3.05, 3.63) is 36.4 Å². The van der Waals surface area contributed by atoms with E-state index in [4.69, 9.17) is 5.73 Å². The second-order valence-corrected chi connectivity index (χ2v) is 4.05. The van der Waals surface area contributed by atoms with Crippen molar-refractivity contribution in [1.82, 2.24) is 19.6 Å². The Bertz CT molecular complexity index is 787. The van der Waals surface area contributed by atoms with Gasteiger partial charge in [-0.1, -0.05) is 0 Å². The van der Waals surface area contributed by atoms with E-state index in [1.54, 1.807) is 0 Å². The molecular weight excluding hydrogens is 287 g/mol. The summed E-state index contributed by atoms with van der Waals surface area (Å²) in [5.74, 6) is -0.666. The summed E-state index contributed by atoms with van der Waals surface area (Å²) >= 11 is 0. The van der Waals surface area contributed by atoms with Crippen molar-refractivity contribution < 1.29 is 17.9 Å². The van der Waals surface area contributed by atoms with E-state index in [1.807, 2.05) is 0 Å². The molecule has 0 aliphatic carbocycles. The SMILES string of the molecule is Nc1ncc2c(F)cc(-c3ccc(OC(F)F)cn3)n2n1. The van der Waals surface area contributed by atoms with E-state index in [9.17, 15) is 13.2 Å². The fourth-order valence-corrected chi connectivity index (χ4v) is 1.85. The first-order valence-electron chi connectivity index (χ1n) is 5.75. The molecule has 0 saturated carbocycles. The van der Waals surface area contributed by atoms with E-state index in [0.717, 1.165) is 6.20 Å². The summed E-state index contributed by atoms with van der Waals surface area (Å²) in [5, 5.41) is 3.90. The second-order valence-electron chi connectivity index (χ2n) is 4.05. The Kier molecular flexibility index (Phi) is 3.09. The first-order valence-corrected chi connectivity index (χ1v) is 5.75. The lowest BCUT2D eigenvalue weighted by molar-refractivity contribution is -0.0500. The highest BCUT2D eigenvalue weighted by Crippen LogP contribution is 2.24. The van der Waals surface area contributed by atoms with E-state index >= 15 is 0 Å². The van der Waals surface area contributed by atoms with Crippen molar-refractivity contribution >= 4 is 11.5 Å². The predicted molar refractivity (Wildman–Crippen MR) is 67.2 cm³/mol. The van der Waals surface area contributed by atoms with Gasteiger partial charge in [-0.15, -0.1) is 5.10 Å². The summed E-state index contributed by atoms with van der Waals surface area (Å²) in [6.45, 7) is -2.93. The molecule has 0 saturated heterocycles. The van der Waals surface area contributed by atoms with Gasteiger partial charge in [0.15, 0.2) is 5.82 Å². The molecule has 6 nitrogen and oxygen atoms in total. The minimum atomic E-state index is -2.93. The van der Waals surface area contributed by atoms with Gasteiger partial charge in [-0.05, 0) is 12.1 Å². The molecule has 108 valence electrons. The van der Waals surface area contributed by atoms with Crippen LogP contribution in [0.25, 0.3) is 16.9 Å². The van der Waals surface area contributed by atoms with Gasteiger partial charge in [0.05, 0.1) is 23.8 Å². The number of alkyl halides is 2. The number of pyridine rings is 1. The quantitative estimate of drug-likeness (QED) is 0.800. The number of aromatic nitrogens is 4. The van der Waals surface area contributed by atoms with Gasteiger partial charge in [-0.3, -0.25) is 4.98 Å². The van der Waals surface area contributed by atoms with Crippen LogP contribution in [0.15, 0.2) is 30.6 Å². The lowest BCUT2D eigenvalue weighted by Gasteiger charge is -2.05. The number of anilines is 1. The van der Waals surface area contributed by atoms with Crippen LogP contribution in [-0.2, 0) is 0 Å². The molecule has 0 amide bonds. The molecule has 0 aliphatic heterocycles. The standard InChI is InChI=1S/C12H8F3N5O/c13-7-3-9(20-10(7)5-18-12(16)19-20)8-2-1-6(4-17-8)21-11(14)15/h1-5,11H,(H2,16,19). The summed E-state index contributed by atoms with van der Waals surface area (Å²) in [6.07, 6.45) is 2.36. The number of halogens is 3. The van der Waals surface area contributed by atoms with Crippen LogP contribution in [0.1, 0.15) is 0 Å². The molecule has 0 unspecified atom stereocenters. The van der Waals surface area contributed by atoms with Crippen LogP contribution >= 0.6 is 0 Å². The number of fused-ring (bicyclic) bond motifs is 1. The van der Waals surface area contributed by atoms with E-state index in [1.165, 1.54) is 28.9 Å². The highest BCUT2D eigenvalue weighted by molar-refractivity contribution is 5.64. The Hall–Kier alpha value is -2.84. The van der Waals surface area contributed by atoms with E-state index in [2.05, 4.69) is 19.8 Å². The fraction of sp³-hybridized carbons (Fsp3) is 0.0833. The van der Waals surface area contributed by atoms with Gasteiger partial charge in [0.25, 0.3) is 0 Å². The van der Waals surface area contributed by atoms with Crippen LogP contribution in [0, 0.1) is 5.82 Å². The van der Waals surface area contributed by atoms with Gasteiger partial charge in [-0.2, -0.15) is 8.78 Å². The van der Waals surface area contributed by atoms with Crippen molar-refractivity contribution in [2.75, 3.05) is 5.73 Å². The maximum absolute atomic E-state index is 13.8. The Morgan fingerprint density at radius 2 is 2.00 bits per heavy atom. The van der Waals surface area contributed by atoms with Crippen LogP contribution in [0.4, 0.5) is 19.1 Å². The molecule has 9 heteroatoms. The second kappa shape index (κ2) is 4.93. The molecule has 0 atom stereocenters. The first kappa shape index (κ1) is 13.2. The van der Waals surface area contributed by atoms with Crippen molar-refractivity contribution in [1.29, 1.82) is 0 Å². The van der Waals surface area contributed by atoms with Crippen LogP contribution in [0.3, 0.4) is 0 Å². The molecule has 0 spiro atoms. The molecule has 0 fully saturated rings. The highest BCUT2D eigenvalue weighted by atomic mass is 19.3. The molecule has 0 aromatic carbocycles. The Balaban J connectivity index is 2.06. The molecule has 0 radical (unpaired) electrons. The average Bonchev–Trinajstić information content (AvgIpc) is 2.76. The molecule has 2 N–H and O–H groups in total. The maximum atomic E-state index is 13.8. The van der Waals surface area contributed by atoms with Crippen LogP contribution in [-0.4, -0.2) is 26.2 Å². The normalized spacial score (nSPS) is 11.2. The highest BCUT2D eigenvalue weighted by Gasteiger charge is 2.14. The number of nitrogens with two attached hydrogens (primary N) is 1. The third kappa shape index (κ3) is 2.45. The number of rotatable bonds is 3. The summed E-state index contributed by atoms with van der Waals surface area (Å²) in [4.78, 5) is 7.65. The summed E-state index contributed by atoms with van der Waals surface area (Å²) in [5.41, 5.74) is 6.25. The summed E-state index contributed by atoms with van der Waals surface area (Å²) < 4.78 is 43.4. The van der Waals surface area contributed by atoms with Gasteiger partial charge in [-0.25, -0.2) is 13.9 Å². The maximum Gasteiger partial charge on any atom is 0.387 e. The summed E-state index contributed by atoms with van der Waals surface area (Å²) in [6, 6.07) is 3.92. The molecule has 0 aliphatic rings. The smallest absolute Gasteiger partial charge is 0.387 e. The molecule has 3 rings (SSSR count). The number of hydrogen-bond donors (Lipinski definition) is 1. The van der Waals surface area contributed by atoms with Crippen LogP contribution in [0.2, 0.25) is 0 Å². The average molecular weight is 295 g/mol. The molecule has 3 aromatic heterocycles.